The van der Waals surface area contributed by atoms with Crippen LogP contribution in [0, 0.1) is 6.92 Å². The number of nitrogens with one attached hydrogen (secondary N) is 1. The molecular formula is C19H23N3O3S. The van der Waals surface area contributed by atoms with Crippen LogP contribution in [0.1, 0.15) is 29.4 Å². The topological polar surface area (TPSA) is 79.4 Å². The average molecular weight is 373 g/mol. The summed E-state index contributed by atoms with van der Waals surface area (Å²) in [5.74, 6) is 0.101. The lowest BCUT2D eigenvalue weighted by Crippen LogP contribution is -2.36. The van der Waals surface area contributed by atoms with E-state index in [9.17, 15) is 13.2 Å². The van der Waals surface area contributed by atoms with Gasteiger partial charge in [-0.3, -0.25) is 9.78 Å². The van der Waals surface area contributed by atoms with E-state index in [4.69, 9.17) is 0 Å². The van der Waals surface area contributed by atoms with Gasteiger partial charge in [-0.05, 0) is 44.0 Å². The summed E-state index contributed by atoms with van der Waals surface area (Å²) in [5.41, 5.74) is 2.85. The molecule has 1 aliphatic rings. The molecule has 1 atom stereocenters. The van der Waals surface area contributed by atoms with Crippen molar-refractivity contribution in [3.05, 3.63) is 53.9 Å². The molecule has 2 heterocycles. The number of carbonyl (C=O) groups is 1. The standard InChI is InChI=1S/C19H23N3O3S/c1-3-22(16-9-11-26(24,25)13-16)15-8-10-20-18(12-15)19(23)21-17-7-5-4-6-14(17)2/h4-8,10,12,16H,3,9,11,13H2,1-2H3,(H,21,23). The van der Waals surface area contributed by atoms with Crippen molar-refractivity contribution in [3.63, 3.8) is 0 Å². The maximum Gasteiger partial charge on any atom is 0.274 e. The number of pyridine rings is 1. The molecule has 1 amide bonds. The number of hydrogen-bond donors (Lipinski definition) is 1. The zero-order valence-electron chi connectivity index (χ0n) is 15.0. The van der Waals surface area contributed by atoms with E-state index in [1.54, 1.807) is 12.3 Å². The summed E-state index contributed by atoms with van der Waals surface area (Å²) in [7, 11) is -2.97. The Kier molecular flexibility index (Phi) is 5.27. The van der Waals surface area contributed by atoms with Crippen LogP contribution in [0.5, 0.6) is 0 Å². The molecule has 0 saturated carbocycles. The van der Waals surface area contributed by atoms with Crippen molar-refractivity contribution in [3.8, 4) is 0 Å². The third-order valence-corrected chi connectivity index (χ3v) is 6.44. The lowest BCUT2D eigenvalue weighted by atomic mass is 10.1. The number of para-hydroxylation sites is 1. The highest BCUT2D eigenvalue weighted by atomic mass is 32.2. The zero-order valence-corrected chi connectivity index (χ0v) is 15.8. The molecular weight excluding hydrogens is 350 g/mol. The summed E-state index contributed by atoms with van der Waals surface area (Å²) in [6, 6.07) is 11.0. The van der Waals surface area contributed by atoms with Crippen molar-refractivity contribution < 1.29 is 13.2 Å². The van der Waals surface area contributed by atoms with E-state index in [2.05, 4.69) is 10.3 Å². The van der Waals surface area contributed by atoms with Crippen LogP contribution >= 0.6 is 0 Å². The molecule has 0 spiro atoms. The first kappa shape index (κ1) is 18.4. The highest BCUT2D eigenvalue weighted by Crippen LogP contribution is 2.25. The van der Waals surface area contributed by atoms with Gasteiger partial charge in [0.05, 0.1) is 11.5 Å². The van der Waals surface area contributed by atoms with Crippen molar-refractivity contribution in [1.82, 2.24) is 4.98 Å². The molecule has 26 heavy (non-hydrogen) atoms. The van der Waals surface area contributed by atoms with Crippen LogP contribution in [0.15, 0.2) is 42.6 Å². The minimum atomic E-state index is -2.97. The van der Waals surface area contributed by atoms with Gasteiger partial charge in [0.15, 0.2) is 9.84 Å². The van der Waals surface area contributed by atoms with Crippen LogP contribution in [0.3, 0.4) is 0 Å². The van der Waals surface area contributed by atoms with E-state index in [0.29, 0.717) is 18.7 Å². The second kappa shape index (κ2) is 7.45. The number of amides is 1. The molecule has 0 radical (unpaired) electrons. The van der Waals surface area contributed by atoms with Crippen LogP contribution in [0.4, 0.5) is 11.4 Å². The molecule has 138 valence electrons. The van der Waals surface area contributed by atoms with Gasteiger partial charge in [0, 0.05) is 30.2 Å². The Bertz CT molecular complexity index is 912. The predicted octanol–water partition coefficient (Wildman–Crippen LogP) is 2.66. The lowest BCUT2D eigenvalue weighted by molar-refractivity contribution is 0.102. The van der Waals surface area contributed by atoms with E-state index in [1.807, 2.05) is 49.1 Å². The summed E-state index contributed by atoms with van der Waals surface area (Å²) >= 11 is 0. The third kappa shape index (κ3) is 4.04. The summed E-state index contributed by atoms with van der Waals surface area (Å²) < 4.78 is 23.6. The summed E-state index contributed by atoms with van der Waals surface area (Å²) in [5, 5.41) is 2.88. The van der Waals surface area contributed by atoms with Crippen LogP contribution in [0.25, 0.3) is 0 Å². The smallest absolute Gasteiger partial charge is 0.274 e. The molecule has 1 aromatic heterocycles. The largest absolute Gasteiger partial charge is 0.368 e. The molecule has 1 aliphatic heterocycles. The van der Waals surface area contributed by atoms with Gasteiger partial charge in [-0.2, -0.15) is 0 Å². The van der Waals surface area contributed by atoms with Gasteiger partial charge in [-0.25, -0.2) is 8.42 Å². The molecule has 0 bridgehead atoms. The van der Waals surface area contributed by atoms with Gasteiger partial charge in [0.25, 0.3) is 5.91 Å². The Morgan fingerprint density at radius 1 is 1.31 bits per heavy atom. The number of benzene rings is 1. The number of rotatable bonds is 5. The zero-order chi connectivity index (χ0) is 18.7. The Balaban J connectivity index is 1.81. The number of anilines is 2. The molecule has 1 N–H and O–H groups in total. The number of sulfone groups is 1. The summed E-state index contributed by atoms with van der Waals surface area (Å²) in [4.78, 5) is 18.8. The maximum atomic E-state index is 12.6. The van der Waals surface area contributed by atoms with Crippen LogP contribution in [0.2, 0.25) is 0 Å². The third-order valence-electron chi connectivity index (χ3n) is 4.69. The van der Waals surface area contributed by atoms with Crippen molar-refractivity contribution in [2.24, 2.45) is 0 Å². The highest BCUT2D eigenvalue weighted by Gasteiger charge is 2.32. The Hall–Kier alpha value is -2.41. The molecule has 3 rings (SSSR count). The molecule has 0 aliphatic carbocycles. The number of hydrogen-bond acceptors (Lipinski definition) is 5. The van der Waals surface area contributed by atoms with Crippen molar-refractivity contribution in [1.29, 1.82) is 0 Å². The molecule has 1 saturated heterocycles. The average Bonchev–Trinajstić information content (AvgIpc) is 2.97. The Morgan fingerprint density at radius 3 is 2.73 bits per heavy atom. The second-order valence-corrected chi connectivity index (χ2v) is 8.74. The number of nitrogens with zero attached hydrogens (tertiary/aromatic N) is 2. The number of aromatic nitrogens is 1. The first-order valence-electron chi connectivity index (χ1n) is 8.69. The van der Waals surface area contributed by atoms with Gasteiger partial charge in [-0.1, -0.05) is 18.2 Å². The predicted molar refractivity (Wildman–Crippen MR) is 103 cm³/mol. The fourth-order valence-corrected chi connectivity index (χ4v) is 5.03. The van der Waals surface area contributed by atoms with E-state index < -0.39 is 9.84 Å². The molecule has 7 heteroatoms. The molecule has 6 nitrogen and oxygen atoms in total. The SMILES string of the molecule is CCN(c1ccnc(C(=O)Nc2ccccc2C)c1)C1CCS(=O)(=O)C1. The van der Waals surface area contributed by atoms with E-state index in [-0.39, 0.29) is 23.5 Å². The number of carbonyl (C=O) groups excluding carboxylic acids is 1. The minimum absolute atomic E-state index is 0.0559. The molecule has 2 aromatic rings. The van der Waals surface area contributed by atoms with Gasteiger partial charge >= 0.3 is 0 Å². The van der Waals surface area contributed by atoms with Crippen molar-refractivity contribution in [2.45, 2.75) is 26.3 Å². The second-order valence-electron chi connectivity index (χ2n) is 6.51. The van der Waals surface area contributed by atoms with Crippen molar-refractivity contribution in [2.75, 3.05) is 28.3 Å². The Labute approximate surface area is 154 Å². The van der Waals surface area contributed by atoms with Crippen LogP contribution in [-0.2, 0) is 9.84 Å². The molecule has 1 unspecified atom stereocenters. The van der Waals surface area contributed by atoms with Crippen LogP contribution in [-0.4, -0.2) is 43.4 Å². The van der Waals surface area contributed by atoms with E-state index in [0.717, 1.165) is 16.9 Å². The van der Waals surface area contributed by atoms with Gasteiger partial charge in [-0.15, -0.1) is 0 Å². The quantitative estimate of drug-likeness (QED) is 0.872. The maximum absolute atomic E-state index is 12.6. The summed E-state index contributed by atoms with van der Waals surface area (Å²) in [6.45, 7) is 4.58. The first-order chi connectivity index (χ1) is 12.4. The minimum Gasteiger partial charge on any atom is -0.368 e. The number of aryl methyl sites for hydroxylation is 1. The van der Waals surface area contributed by atoms with E-state index in [1.165, 1.54) is 0 Å². The van der Waals surface area contributed by atoms with Crippen LogP contribution < -0.4 is 10.2 Å². The van der Waals surface area contributed by atoms with Gasteiger partial charge in [0.1, 0.15) is 5.69 Å². The lowest BCUT2D eigenvalue weighted by Gasteiger charge is -2.29. The molecule has 1 fully saturated rings. The van der Waals surface area contributed by atoms with Crippen molar-refractivity contribution >= 4 is 27.1 Å². The summed E-state index contributed by atoms with van der Waals surface area (Å²) in [6.07, 6.45) is 2.21. The van der Waals surface area contributed by atoms with Gasteiger partial charge < -0.3 is 10.2 Å². The fourth-order valence-electron chi connectivity index (χ4n) is 3.29. The normalized spacial score (nSPS) is 18.5. The van der Waals surface area contributed by atoms with Gasteiger partial charge in [0.2, 0.25) is 0 Å². The monoisotopic (exact) mass is 373 g/mol. The fraction of sp³-hybridized carbons (Fsp3) is 0.368. The molecule has 1 aromatic carbocycles. The highest BCUT2D eigenvalue weighted by molar-refractivity contribution is 7.91. The van der Waals surface area contributed by atoms with E-state index >= 15 is 0 Å². The first-order valence-corrected chi connectivity index (χ1v) is 10.5. The Morgan fingerprint density at radius 2 is 2.08 bits per heavy atom.